The van der Waals surface area contributed by atoms with E-state index in [2.05, 4.69) is 22.9 Å². The van der Waals surface area contributed by atoms with E-state index in [0.717, 1.165) is 26.1 Å². The predicted molar refractivity (Wildman–Crippen MR) is 59.5 cm³/mol. The Morgan fingerprint density at radius 1 is 1.07 bits per heavy atom. The van der Waals surface area contributed by atoms with Crippen LogP contribution in [-0.4, -0.2) is 32.7 Å². The molecule has 0 atom stereocenters. The van der Waals surface area contributed by atoms with E-state index in [4.69, 9.17) is 0 Å². The van der Waals surface area contributed by atoms with Gasteiger partial charge in [-0.2, -0.15) is 0 Å². The van der Waals surface area contributed by atoms with Crippen LogP contribution in [0.1, 0.15) is 32.6 Å². The van der Waals surface area contributed by atoms with Gasteiger partial charge in [0.05, 0.1) is 0 Å². The summed E-state index contributed by atoms with van der Waals surface area (Å²) in [5.41, 5.74) is 0. The number of carbonyl (C=O) groups is 1. The first-order chi connectivity index (χ1) is 6.81. The summed E-state index contributed by atoms with van der Waals surface area (Å²) in [4.78, 5) is 10.8. The smallest absolute Gasteiger partial charge is 0.314 e. The molecule has 0 rings (SSSR count). The fourth-order valence-corrected chi connectivity index (χ4v) is 1.20. The molecule has 0 aliphatic rings. The number of hydrogen-bond acceptors (Lipinski definition) is 2. The van der Waals surface area contributed by atoms with Crippen molar-refractivity contribution in [1.82, 2.24) is 16.0 Å². The number of nitrogens with one attached hydrogen (secondary N) is 3. The van der Waals surface area contributed by atoms with Gasteiger partial charge in [0, 0.05) is 13.6 Å². The number of carbonyl (C=O) groups excluding carboxylic acids is 1. The minimum Gasteiger partial charge on any atom is -0.341 e. The van der Waals surface area contributed by atoms with Crippen molar-refractivity contribution in [2.75, 3.05) is 26.7 Å². The average Bonchev–Trinajstić information content (AvgIpc) is 2.21. The standard InChI is InChI=1S/C10H23N3O/c1-3-12-8-6-4-5-7-9-13-10(14)11-2/h12H,3-9H2,1-2H3,(H2,11,13,14). The molecule has 0 aromatic rings. The second-order valence-electron chi connectivity index (χ2n) is 3.27. The maximum atomic E-state index is 10.8. The molecule has 3 N–H and O–H groups in total. The molecule has 0 aromatic carbocycles. The van der Waals surface area contributed by atoms with Crippen molar-refractivity contribution in [2.45, 2.75) is 32.6 Å². The summed E-state index contributed by atoms with van der Waals surface area (Å²) in [6.45, 7) is 5.06. The van der Waals surface area contributed by atoms with E-state index in [0.29, 0.717) is 0 Å². The van der Waals surface area contributed by atoms with Gasteiger partial charge in [-0.15, -0.1) is 0 Å². The highest BCUT2D eigenvalue weighted by molar-refractivity contribution is 5.73. The van der Waals surface area contributed by atoms with Crippen molar-refractivity contribution >= 4 is 6.03 Å². The predicted octanol–water partition coefficient (Wildman–Crippen LogP) is 1.09. The van der Waals surface area contributed by atoms with Crippen LogP contribution < -0.4 is 16.0 Å². The van der Waals surface area contributed by atoms with E-state index in [9.17, 15) is 4.79 Å². The third-order valence-electron chi connectivity index (χ3n) is 2.04. The molecule has 4 heteroatoms. The van der Waals surface area contributed by atoms with Crippen LogP contribution in [0.4, 0.5) is 4.79 Å². The molecule has 0 saturated heterocycles. The zero-order valence-electron chi connectivity index (χ0n) is 9.36. The number of rotatable bonds is 8. The van der Waals surface area contributed by atoms with Crippen LogP contribution in [0.25, 0.3) is 0 Å². The fourth-order valence-electron chi connectivity index (χ4n) is 1.20. The van der Waals surface area contributed by atoms with Crippen molar-refractivity contribution in [3.05, 3.63) is 0 Å². The molecule has 0 aromatic heterocycles. The molecule has 0 saturated carbocycles. The Morgan fingerprint density at radius 2 is 1.71 bits per heavy atom. The van der Waals surface area contributed by atoms with Gasteiger partial charge in [0.1, 0.15) is 0 Å². The normalized spacial score (nSPS) is 9.86. The molecule has 2 amide bonds. The van der Waals surface area contributed by atoms with Gasteiger partial charge in [0.25, 0.3) is 0 Å². The lowest BCUT2D eigenvalue weighted by Gasteiger charge is -2.04. The molecule has 0 aliphatic heterocycles. The van der Waals surface area contributed by atoms with Crippen molar-refractivity contribution in [1.29, 1.82) is 0 Å². The third kappa shape index (κ3) is 9.32. The summed E-state index contributed by atoms with van der Waals surface area (Å²) in [6, 6.07) is -0.0855. The number of amides is 2. The lowest BCUT2D eigenvalue weighted by Crippen LogP contribution is -2.33. The Morgan fingerprint density at radius 3 is 2.29 bits per heavy atom. The van der Waals surface area contributed by atoms with Crippen LogP contribution in [0.5, 0.6) is 0 Å². The highest BCUT2D eigenvalue weighted by Crippen LogP contribution is 1.97. The zero-order valence-corrected chi connectivity index (χ0v) is 9.36. The van der Waals surface area contributed by atoms with Gasteiger partial charge in [-0.25, -0.2) is 4.79 Å². The van der Waals surface area contributed by atoms with E-state index in [-0.39, 0.29) is 6.03 Å². The van der Waals surface area contributed by atoms with Gasteiger partial charge in [0.2, 0.25) is 0 Å². The summed E-state index contributed by atoms with van der Waals surface area (Å²) in [5.74, 6) is 0. The summed E-state index contributed by atoms with van der Waals surface area (Å²) >= 11 is 0. The molecule has 0 heterocycles. The van der Waals surface area contributed by atoms with Crippen LogP contribution >= 0.6 is 0 Å². The molecule has 0 aliphatic carbocycles. The van der Waals surface area contributed by atoms with Crippen molar-refractivity contribution in [3.8, 4) is 0 Å². The Hall–Kier alpha value is -0.770. The van der Waals surface area contributed by atoms with Gasteiger partial charge >= 0.3 is 6.03 Å². The first-order valence-electron chi connectivity index (χ1n) is 5.47. The number of urea groups is 1. The van der Waals surface area contributed by atoms with Gasteiger partial charge in [-0.05, 0) is 25.9 Å². The van der Waals surface area contributed by atoms with E-state index in [1.54, 1.807) is 7.05 Å². The summed E-state index contributed by atoms with van der Waals surface area (Å²) < 4.78 is 0. The number of hydrogen-bond donors (Lipinski definition) is 3. The van der Waals surface area contributed by atoms with Crippen molar-refractivity contribution in [3.63, 3.8) is 0 Å². The quantitative estimate of drug-likeness (QED) is 0.515. The first kappa shape index (κ1) is 13.2. The minimum atomic E-state index is -0.0855. The maximum absolute atomic E-state index is 10.8. The summed E-state index contributed by atoms with van der Waals surface area (Å²) in [5, 5.41) is 8.58. The van der Waals surface area contributed by atoms with Crippen LogP contribution in [-0.2, 0) is 0 Å². The highest BCUT2D eigenvalue weighted by atomic mass is 16.2. The van der Waals surface area contributed by atoms with Gasteiger partial charge in [-0.1, -0.05) is 19.8 Å². The van der Waals surface area contributed by atoms with E-state index in [1.807, 2.05) is 0 Å². The molecule has 84 valence electrons. The molecule has 0 bridgehead atoms. The van der Waals surface area contributed by atoms with Crippen LogP contribution in [0.2, 0.25) is 0 Å². The number of unbranched alkanes of at least 4 members (excludes halogenated alkanes) is 3. The van der Waals surface area contributed by atoms with Crippen molar-refractivity contribution < 1.29 is 4.79 Å². The second-order valence-corrected chi connectivity index (χ2v) is 3.27. The molecule has 14 heavy (non-hydrogen) atoms. The van der Waals surface area contributed by atoms with Crippen LogP contribution in [0.3, 0.4) is 0 Å². The van der Waals surface area contributed by atoms with E-state index < -0.39 is 0 Å². The third-order valence-corrected chi connectivity index (χ3v) is 2.04. The molecule has 0 unspecified atom stereocenters. The first-order valence-corrected chi connectivity index (χ1v) is 5.47. The van der Waals surface area contributed by atoms with Crippen LogP contribution in [0, 0.1) is 0 Å². The topological polar surface area (TPSA) is 53.2 Å². The molecular weight excluding hydrogens is 178 g/mol. The largest absolute Gasteiger partial charge is 0.341 e. The maximum Gasteiger partial charge on any atom is 0.314 e. The summed E-state index contributed by atoms with van der Waals surface area (Å²) in [6.07, 6.45) is 4.73. The summed E-state index contributed by atoms with van der Waals surface area (Å²) in [7, 11) is 1.63. The molecule has 0 spiro atoms. The lowest BCUT2D eigenvalue weighted by atomic mass is 10.2. The molecule has 0 fully saturated rings. The van der Waals surface area contributed by atoms with Crippen LogP contribution in [0.15, 0.2) is 0 Å². The average molecular weight is 201 g/mol. The highest BCUT2D eigenvalue weighted by Gasteiger charge is 1.94. The minimum absolute atomic E-state index is 0.0855. The molecule has 0 radical (unpaired) electrons. The van der Waals surface area contributed by atoms with Gasteiger partial charge in [-0.3, -0.25) is 0 Å². The zero-order chi connectivity index (χ0) is 10.6. The Kier molecular flexibility index (Phi) is 9.74. The van der Waals surface area contributed by atoms with Crippen molar-refractivity contribution in [2.24, 2.45) is 0 Å². The monoisotopic (exact) mass is 201 g/mol. The second kappa shape index (κ2) is 10.3. The Bertz CT molecular complexity index is 139. The fraction of sp³-hybridized carbons (Fsp3) is 0.900. The molecule has 4 nitrogen and oxygen atoms in total. The van der Waals surface area contributed by atoms with Gasteiger partial charge < -0.3 is 16.0 Å². The molecular formula is C10H23N3O. The Labute approximate surface area is 86.8 Å². The Balaban J connectivity index is 2.95. The lowest BCUT2D eigenvalue weighted by molar-refractivity contribution is 0.242. The van der Waals surface area contributed by atoms with Gasteiger partial charge in [0.15, 0.2) is 0 Å². The van der Waals surface area contributed by atoms with E-state index >= 15 is 0 Å². The SMILES string of the molecule is CCNCCCCCCNC(=O)NC. The van der Waals surface area contributed by atoms with E-state index in [1.165, 1.54) is 19.3 Å².